The summed E-state index contributed by atoms with van der Waals surface area (Å²) in [5.41, 5.74) is 3.28. The summed E-state index contributed by atoms with van der Waals surface area (Å²) in [6, 6.07) is 14.6. The van der Waals surface area contributed by atoms with Gasteiger partial charge in [0.25, 0.3) is 0 Å². The number of hydrogen-bond donors (Lipinski definition) is 0. The summed E-state index contributed by atoms with van der Waals surface area (Å²) in [7, 11) is 0. The van der Waals surface area contributed by atoms with E-state index in [4.69, 9.17) is 0 Å². The number of Topliss-reactive ketones (excluding diaryl/α,β-unsaturated/α-hetero) is 1. The first-order valence-electron chi connectivity index (χ1n) is 6.15. The number of carbonyl (C=O) groups excluding carboxylic acids is 1. The maximum atomic E-state index is 11.4. The molecule has 88 valence electrons. The molecule has 2 aromatic rings. The zero-order valence-electron chi connectivity index (χ0n) is 10.3. The fourth-order valence-corrected chi connectivity index (χ4v) is 2.44. The highest BCUT2D eigenvalue weighted by molar-refractivity contribution is 6.02. The largest absolute Gasteiger partial charge is 0.295 e. The van der Waals surface area contributed by atoms with Crippen molar-refractivity contribution in [3.05, 3.63) is 65.8 Å². The van der Waals surface area contributed by atoms with Gasteiger partial charge in [0.1, 0.15) is 0 Å². The van der Waals surface area contributed by atoms with Crippen molar-refractivity contribution in [2.24, 2.45) is 0 Å². The molecule has 2 aromatic carbocycles. The lowest BCUT2D eigenvalue weighted by Gasteiger charge is -2.05. The Bertz CT molecular complexity index is 684. The first-order valence-corrected chi connectivity index (χ1v) is 6.15. The van der Waals surface area contributed by atoms with Crippen molar-refractivity contribution in [3.63, 3.8) is 0 Å². The van der Waals surface area contributed by atoms with Crippen molar-refractivity contribution >= 4 is 22.1 Å². The Labute approximate surface area is 106 Å². The Kier molecular flexibility index (Phi) is 2.60. The van der Waals surface area contributed by atoms with Crippen LogP contribution in [0.1, 0.15) is 18.9 Å². The van der Waals surface area contributed by atoms with E-state index >= 15 is 0 Å². The minimum absolute atomic E-state index is 0.168. The second-order valence-electron chi connectivity index (χ2n) is 4.62. The van der Waals surface area contributed by atoms with Crippen molar-refractivity contribution in [1.82, 2.24) is 0 Å². The van der Waals surface area contributed by atoms with E-state index in [2.05, 4.69) is 42.5 Å². The highest BCUT2D eigenvalue weighted by Gasteiger charge is 2.13. The van der Waals surface area contributed by atoms with Gasteiger partial charge >= 0.3 is 0 Å². The van der Waals surface area contributed by atoms with Gasteiger partial charge in [0, 0.05) is 0 Å². The van der Waals surface area contributed by atoms with Crippen LogP contribution in [0.5, 0.6) is 0 Å². The molecular weight excluding hydrogens is 220 g/mol. The molecule has 0 fully saturated rings. The molecule has 0 saturated heterocycles. The van der Waals surface area contributed by atoms with Crippen molar-refractivity contribution in [3.8, 4) is 0 Å². The van der Waals surface area contributed by atoms with E-state index in [0.717, 1.165) is 17.6 Å². The Balaban J connectivity index is 2.14. The van der Waals surface area contributed by atoms with Crippen molar-refractivity contribution < 1.29 is 4.79 Å². The molecule has 1 aliphatic carbocycles. The monoisotopic (exact) mass is 234 g/mol. The van der Waals surface area contributed by atoms with E-state index in [9.17, 15) is 4.79 Å². The van der Waals surface area contributed by atoms with E-state index < -0.39 is 0 Å². The maximum Gasteiger partial charge on any atom is 0.156 e. The third kappa shape index (κ3) is 1.78. The van der Waals surface area contributed by atoms with Crippen LogP contribution in [0.2, 0.25) is 0 Å². The fourth-order valence-electron chi connectivity index (χ4n) is 2.44. The number of ketones is 1. The summed E-state index contributed by atoms with van der Waals surface area (Å²) in [4.78, 5) is 11.4. The number of carbonyl (C=O) groups is 1. The van der Waals surface area contributed by atoms with Gasteiger partial charge in [-0.15, -0.1) is 0 Å². The van der Waals surface area contributed by atoms with Gasteiger partial charge in [-0.1, -0.05) is 48.5 Å². The van der Waals surface area contributed by atoms with Gasteiger partial charge in [-0.05, 0) is 46.9 Å². The Morgan fingerprint density at radius 3 is 2.61 bits per heavy atom. The van der Waals surface area contributed by atoms with E-state index in [1.54, 1.807) is 6.92 Å². The average Bonchev–Trinajstić information content (AvgIpc) is 2.87. The van der Waals surface area contributed by atoms with E-state index in [1.807, 2.05) is 12.1 Å². The second kappa shape index (κ2) is 4.26. The number of benzene rings is 2. The summed E-state index contributed by atoms with van der Waals surface area (Å²) in [5.74, 6) is 0.168. The molecule has 18 heavy (non-hydrogen) atoms. The Morgan fingerprint density at radius 1 is 1.06 bits per heavy atom. The smallest absolute Gasteiger partial charge is 0.156 e. The predicted molar refractivity (Wildman–Crippen MR) is 75.3 cm³/mol. The molecule has 0 heterocycles. The van der Waals surface area contributed by atoms with Crippen LogP contribution in [0.25, 0.3) is 16.3 Å². The third-order valence-electron chi connectivity index (χ3n) is 3.42. The van der Waals surface area contributed by atoms with E-state index in [0.29, 0.717) is 0 Å². The molecule has 0 atom stereocenters. The Hall–Kier alpha value is -2.15. The van der Waals surface area contributed by atoms with Gasteiger partial charge in [-0.2, -0.15) is 0 Å². The first kappa shape index (κ1) is 11.0. The lowest BCUT2D eigenvalue weighted by molar-refractivity contribution is -0.113. The molecule has 0 aromatic heterocycles. The topological polar surface area (TPSA) is 17.1 Å². The molecule has 0 spiro atoms. The quantitative estimate of drug-likeness (QED) is 0.763. The highest BCUT2D eigenvalue weighted by Crippen LogP contribution is 2.31. The maximum absolute atomic E-state index is 11.4. The van der Waals surface area contributed by atoms with Gasteiger partial charge in [0.2, 0.25) is 0 Å². The minimum Gasteiger partial charge on any atom is -0.295 e. The van der Waals surface area contributed by atoms with Crippen LogP contribution in [0.3, 0.4) is 0 Å². The fraction of sp³-hybridized carbons (Fsp3) is 0.118. The molecule has 0 N–H and O–H groups in total. The van der Waals surface area contributed by atoms with E-state index in [1.165, 1.54) is 16.3 Å². The zero-order valence-corrected chi connectivity index (χ0v) is 10.3. The standard InChI is InChI=1S/C17H14O/c1-12(18)14-9-10-15(11-14)17-8-4-6-13-5-2-3-7-16(13)17/h2-8,10-11H,9H2,1H3. The normalized spacial score (nSPS) is 14.5. The molecule has 1 heteroatoms. The van der Waals surface area contributed by atoms with Crippen molar-refractivity contribution in [1.29, 1.82) is 0 Å². The molecule has 0 radical (unpaired) electrons. The van der Waals surface area contributed by atoms with Gasteiger partial charge < -0.3 is 0 Å². The summed E-state index contributed by atoms with van der Waals surface area (Å²) in [6.45, 7) is 1.63. The Morgan fingerprint density at radius 2 is 1.83 bits per heavy atom. The summed E-state index contributed by atoms with van der Waals surface area (Å²) < 4.78 is 0. The second-order valence-corrected chi connectivity index (χ2v) is 4.62. The van der Waals surface area contributed by atoms with Crippen LogP contribution in [-0.4, -0.2) is 5.78 Å². The SMILES string of the molecule is CC(=O)C1=CC(c2cccc3ccccc23)=CC1. The van der Waals surface area contributed by atoms with Crippen LogP contribution in [0.4, 0.5) is 0 Å². The number of hydrogen-bond acceptors (Lipinski definition) is 1. The van der Waals surface area contributed by atoms with Crippen LogP contribution >= 0.6 is 0 Å². The molecule has 3 rings (SSSR count). The molecule has 0 bridgehead atoms. The summed E-state index contributed by atoms with van der Waals surface area (Å²) >= 11 is 0. The molecule has 0 unspecified atom stereocenters. The lowest BCUT2D eigenvalue weighted by Crippen LogP contribution is -1.91. The minimum atomic E-state index is 0.168. The molecule has 1 nitrogen and oxygen atoms in total. The first-order chi connectivity index (χ1) is 8.75. The van der Waals surface area contributed by atoms with Gasteiger partial charge in [-0.3, -0.25) is 4.79 Å². The average molecular weight is 234 g/mol. The molecule has 1 aliphatic rings. The number of rotatable bonds is 2. The number of allylic oxidation sites excluding steroid dienone is 4. The summed E-state index contributed by atoms with van der Waals surface area (Å²) in [5, 5.41) is 2.48. The molecule has 0 aliphatic heterocycles. The molecule has 0 amide bonds. The highest BCUT2D eigenvalue weighted by atomic mass is 16.1. The number of fused-ring (bicyclic) bond motifs is 1. The molecule has 0 saturated carbocycles. The van der Waals surface area contributed by atoms with Crippen LogP contribution in [0.15, 0.2) is 60.2 Å². The zero-order chi connectivity index (χ0) is 12.5. The van der Waals surface area contributed by atoms with Crippen LogP contribution in [-0.2, 0) is 4.79 Å². The predicted octanol–water partition coefficient (Wildman–Crippen LogP) is 4.14. The molecular formula is C17H14O. The lowest BCUT2D eigenvalue weighted by atomic mass is 9.99. The van der Waals surface area contributed by atoms with E-state index in [-0.39, 0.29) is 5.78 Å². The van der Waals surface area contributed by atoms with Crippen molar-refractivity contribution in [2.45, 2.75) is 13.3 Å². The van der Waals surface area contributed by atoms with Crippen molar-refractivity contribution in [2.75, 3.05) is 0 Å². The van der Waals surface area contributed by atoms with Crippen LogP contribution in [0, 0.1) is 0 Å². The van der Waals surface area contributed by atoms with Gasteiger partial charge in [0.05, 0.1) is 0 Å². The van der Waals surface area contributed by atoms with Crippen LogP contribution < -0.4 is 0 Å². The van der Waals surface area contributed by atoms with Gasteiger partial charge in [-0.25, -0.2) is 0 Å². The summed E-state index contributed by atoms with van der Waals surface area (Å²) in [6.07, 6.45) is 4.91. The van der Waals surface area contributed by atoms with Gasteiger partial charge in [0.15, 0.2) is 5.78 Å². The third-order valence-corrected chi connectivity index (χ3v) is 3.42.